The van der Waals surface area contributed by atoms with Crippen molar-refractivity contribution in [3.63, 3.8) is 0 Å². The molecular weight excluding hydrogens is 480 g/mol. The van der Waals surface area contributed by atoms with Crippen LogP contribution in [0.3, 0.4) is 0 Å². The van der Waals surface area contributed by atoms with Crippen molar-refractivity contribution < 1.29 is 0 Å². The Balaban J connectivity index is 3.36. The fourth-order valence-electron chi connectivity index (χ4n) is 2.29. The van der Waals surface area contributed by atoms with Crippen molar-refractivity contribution in [1.29, 1.82) is 0 Å². The second-order valence-corrected chi connectivity index (χ2v) is 34.4. The maximum atomic E-state index is 4.05. The van der Waals surface area contributed by atoms with Crippen LogP contribution in [-0.2, 0) is 0 Å². The summed E-state index contributed by atoms with van der Waals surface area (Å²) >= 11 is 6.37. The molecule has 0 spiro atoms. The molecule has 0 radical (unpaired) electrons. The van der Waals surface area contributed by atoms with Crippen molar-refractivity contribution in [2.45, 2.75) is 99.8 Å². The van der Waals surface area contributed by atoms with Crippen molar-refractivity contribution in [2.24, 2.45) is 0 Å². The van der Waals surface area contributed by atoms with Gasteiger partial charge in [-0.15, -0.1) is 0 Å². The summed E-state index contributed by atoms with van der Waals surface area (Å²) in [6.07, 6.45) is 17.1. The van der Waals surface area contributed by atoms with Gasteiger partial charge < -0.3 is 0 Å². The molecule has 0 aliphatic rings. The van der Waals surface area contributed by atoms with E-state index in [4.69, 9.17) is 0 Å². The van der Waals surface area contributed by atoms with Gasteiger partial charge in [0.15, 0.2) is 0 Å². The van der Waals surface area contributed by atoms with E-state index in [1.54, 1.807) is 0 Å². The molecule has 0 aromatic carbocycles. The minimum absolute atomic E-state index is 1.36. The summed E-state index contributed by atoms with van der Waals surface area (Å²) in [5.74, 6) is 0. The summed E-state index contributed by atoms with van der Waals surface area (Å²) in [6.45, 7) is 4.58. The molecule has 19 heavy (non-hydrogen) atoms. The van der Waals surface area contributed by atoms with Gasteiger partial charge in [0, 0.05) is 0 Å². The van der Waals surface area contributed by atoms with Gasteiger partial charge in [0.1, 0.15) is 0 Å². The van der Waals surface area contributed by atoms with Gasteiger partial charge in [-0.05, 0) is 0 Å². The number of hydrogen-bond acceptors (Lipinski definition) is 0. The van der Waals surface area contributed by atoms with Crippen LogP contribution in [0.5, 0.6) is 0 Å². The number of hydrogen-bond donors (Lipinski definition) is 0. The summed E-state index contributed by atoms with van der Waals surface area (Å²) in [5, 5.41) is 0. The molecule has 0 N–H and O–H groups in total. The molecule has 118 valence electrons. The van der Waals surface area contributed by atoms with E-state index in [9.17, 15) is 0 Å². The van der Waals surface area contributed by atoms with E-state index in [-0.39, 0.29) is 0 Å². The summed E-state index contributed by atoms with van der Waals surface area (Å²) in [5.41, 5.74) is 0. The zero-order chi connectivity index (χ0) is 14.4. The molecule has 0 bridgehead atoms. The number of halogens is 2. The second-order valence-electron chi connectivity index (χ2n) is 5.64. The van der Waals surface area contributed by atoms with E-state index in [1.807, 2.05) is 0 Å². The van der Waals surface area contributed by atoms with E-state index < -0.39 is 13.8 Å². The van der Waals surface area contributed by atoms with Gasteiger partial charge in [-0.2, -0.15) is 0 Å². The molecule has 0 unspecified atom stereocenters. The van der Waals surface area contributed by atoms with E-state index in [0.29, 0.717) is 0 Å². The van der Waals surface area contributed by atoms with Gasteiger partial charge in [0.25, 0.3) is 0 Å². The Bertz CT molecular complexity index is 166. The molecule has 0 saturated carbocycles. The van der Waals surface area contributed by atoms with Gasteiger partial charge in [0.2, 0.25) is 0 Å². The van der Waals surface area contributed by atoms with Crippen LogP contribution in [0.25, 0.3) is 0 Å². The van der Waals surface area contributed by atoms with Crippen LogP contribution in [0.2, 0.25) is 8.94 Å². The second kappa shape index (κ2) is 14.7. The molecular formula is C16H34Br2Te. The first kappa shape index (κ1) is 20.7. The molecule has 0 rings (SSSR count). The molecule has 0 fully saturated rings. The minimum atomic E-state index is -1.74. The normalized spacial score (nSPS) is 12.8. The molecule has 0 aliphatic carbocycles. The van der Waals surface area contributed by atoms with E-state index >= 15 is 0 Å². The van der Waals surface area contributed by atoms with Crippen LogP contribution >= 0.6 is 25.5 Å². The molecule has 3 heteroatoms. The zero-order valence-corrected chi connectivity index (χ0v) is 18.6. The van der Waals surface area contributed by atoms with E-state index in [0.717, 1.165) is 0 Å². The van der Waals surface area contributed by atoms with Gasteiger partial charge in [0.05, 0.1) is 0 Å². The third-order valence-electron chi connectivity index (χ3n) is 3.59. The van der Waals surface area contributed by atoms with Gasteiger partial charge in [-0.25, -0.2) is 0 Å². The standard InChI is InChI=1S/C16H34Br2Te/c1-3-5-7-9-11-13-15-19(17,18)16-14-12-10-8-6-4-2/h3-16H2,1-2H3. The fraction of sp³-hybridized carbons (Fsp3) is 1.00. The number of unbranched alkanes of at least 4 members (excludes halogenated alkanes) is 10. The Labute approximate surface area is 138 Å². The quantitative estimate of drug-likeness (QED) is 0.163. The Morgan fingerprint density at radius 1 is 0.526 bits per heavy atom. The van der Waals surface area contributed by atoms with Crippen molar-refractivity contribution >= 4 is 39.3 Å². The SMILES string of the molecule is CCCCCCCC[Te](Br)(Br)CCCCCCCC. The number of rotatable bonds is 14. The first-order chi connectivity index (χ1) is 9.12. The summed E-state index contributed by atoms with van der Waals surface area (Å²) in [4.78, 5) is 0. The van der Waals surface area contributed by atoms with Crippen molar-refractivity contribution in [2.75, 3.05) is 0 Å². The van der Waals surface area contributed by atoms with Crippen LogP contribution in [0.15, 0.2) is 0 Å². The summed E-state index contributed by atoms with van der Waals surface area (Å²) in [6, 6.07) is 0. The average Bonchev–Trinajstić information content (AvgIpc) is 2.38. The Morgan fingerprint density at radius 2 is 0.842 bits per heavy atom. The van der Waals surface area contributed by atoms with Crippen molar-refractivity contribution in [3.8, 4) is 0 Å². The van der Waals surface area contributed by atoms with Crippen molar-refractivity contribution in [1.82, 2.24) is 0 Å². The van der Waals surface area contributed by atoms with Crippen LogP contribution in [0.1, 0.15) is 90.9 Å². The molecule has 0 aromatic rings. The van der Waals surface area contributed by atoms with Gasteiger partial charge in [-0.1, -0.05) is 0 Å². The summed E-state index contributed by atoms with van der Waals surface area (Å²) in [7, 11) is 0. The molecule has 0 heterocycles. The Hall–Kier alpha value is 1.75. The summed E-state index contributed by atoms with van der Waals surface area (Å²) < 4.78 is 2.92. The molecule has 0 aliphatic heterocycles. The average molecular weight is 514 g/mol. The van der Waals surface area contributed by atoms with Crippen LogP contribution in [-0.4, -0.2) is 13.8 Å². The first-order valence-corrected chi connectivity index (χ1v) is 22.0. The predicted molar refractivity (Wildman–Crippen MR) is 100.0 cm³/mol. The molecule has 0 aromatic heterocycles. The van der Waals surface area contributed by atoms with Crippen LogP contribution in [0, 0.1) is 0 Å². The third-order valence-corrected chi connectivity index (χ3v) is 17.3. The van der Waals surface area contributed by atoms with Crippen LogP contribution in [0.4, 0.5) is 0 Å². The van der Waals surface area contributed by atoms with E-state index in [1.165, 1.54) is 86.0 Å². The van der Waals surface area contributed by atoms with Gasteiger partial charge in [-0.3, -0.25) is 0 Å². The fourth-order valence-corrected chi connectivity index (χ4v) is 12.6. The van der Waals surface area contributed by atoms with Gasteiger partial charge >= 0.3 is 139 Å². The third kappa shape index (κ3) is 16.0. The zero-order valence-electron chi connectivity index (χ0n) is 13.1. The van der Waals surface area contributed by atoms with Crippen molar-refractivity contribution in [3.05, 3.63) is 0 Å². The molecule has 0 atom stereocenters. The predicted octanol–water partition coefficient (Wildman–Crippen LogP) is 7.94. The molecule has 0 amide bonds. The Kier molecular flexibility index (Phi) is 16.0. The van der Waals surface area contributed by atoms with Crippen LogP contribution < -0.4 is 0 Å². The monoisotopic (exact) mass is 514 g/mol. The molecule has 0 saturated heterocycles. The topological polar surface area (TPSA) is 0 Å². The maximum absolute atomic E-state index is 4.05. The molecule has 0 nitrogen and oxygen atoms in total. The first-order valence-electron chi connectivity index (χ1n) is 8.30. The Morgan fingerprint density at radius 3 is 1.21 bits per heavy atom. The van der Waals surface area contributed by atoms with E-state index in [2.05, 4.69) is 39.4 Å².